The third-order valence-electron chi connectivity index (χ3n) is 3.74. The van der Waals surface area contributed by atoms with Gasteiger partial charge >= 0.3 is 5.97 Å². The standard InChI is InChI=1S/C15H14N2O4/c1-9-13(16-8-21-9)14(18)17-7-11-5-3-2-4-10(11)6-12(17)15(19)20/h2-5,8,12H,6-7H2,1H3,(H,19,20). The zero-order chi connectivity index (χ0) is 15.0. The molecule has 6 heteroatoms. The van der Waals surface area contributed by atoms with Crippen molar-refractivity contribution in [2.24, 2.45) is 0 Å². The molecule has 0 saturated heterocycles. The summed E-state index contributed by atoms with van der Waals surface area (Å²) in [6.07, 6.45) is 1.49. The maximum Gasteiger partial charge on any atom is 0.326 e. The normalized spacial score (nSPS) is 17.4. The number of oxazole rings is 1. The van der Waals surface area contributed by atoms with E-state index in [9.17, 15) is 14.7 Å². The van der Waals surface area contributed by atoms with Crippen molar-refractivity contribution in [1.82, 2.24) is 9.88 Å². The first-order chi connectivity index (χ1) is 10.1. The van der Waals surface area contributed by atoms with Gasteiger partial charge in [0.05, 0.1) is 0 Å². The molecule has 0 bridgehead atoms. The molecular formula is C15H14N2O4. The largest absolute Gasteiger partial charge is 0.480 e. The minimum absolute atomic E-state index is 0.167. The highest BCUT2D eigenvalue weighted by Crippen LogP contribution is 2.25. The van der Waals surface area contributed by atoms with Crippen molar-refractivity contribution in [3.8, 4) is 0 Å². The Kier molecular flexibility index (Phi) is 3.21. The predicted molar refractivity (Wildman–Crippen MR) is 72.7 cm³/mol. The van der Waals surface area contributed by atoms with Crippen molar-refractivity contribution in [3.05, 3.63) is 53.2 Å². The van der Waals surface area contributed by atoms with E-state index >= 15 is 0 Å². The molecule has 6 nitrogen and oxygen atoms in total. The molecule has 21 heavy (non-hydrogen) atoms. The molecule has 3 rings (SSSR count). The average Bonchev–Trinajstić information content (AvgIpc) is 2.91. The van der Waals surface area contributed by atoms with Crippen molar-refractivity contribution >= 4 is 11.9 Å². The Morgan fingerprint density at radius 3 is 2.67 bits per heavy atom. The second-order valence-electron chi connectivity index (χ2n) is 5.02. The Labute approximate surface area is 121 Å². The summed E-state index contributed by atoms with van der Waals surface area (Å²) in [5, 5.41) is 9.41. The number of fused-ring (bicyclic) bond motifs is 1. The average molecular weight is 286 g/mol. The topological polar surface area (TPSA) is 83.6 Å². The number of aryl methyl sites for hydroxylation is 1. The Morgan fingerprint density at radius 2 is 2.05 bits per heavy atom. The van der Waals surface area contributed by atoms with E-state index < -0.39 is 17.9 Å². The first kappa shape index (κ1) is 13.4. The Hall–Kier alpha value is -2.63. The van der Waals surface area contributed by atoms with Gasteiger partial charge < -0.3 is 14.4 Å². The summed E-state index contributed by atoms with van der Waals surface area (Å²) in [6, 6.07) is 6.67. The van der Waals surface area contributed by atoms with E-state index in [2.05, 4.69) is 4.98 Å². The zero-order valence-corrected chi connectivity index (χ0v) is 11.4. The summed E-state index contributed by atoms with van der Waals surface area (Å²) in [6.45, 7) is 1.90. The van der Waals surface area contributed by atoms with Gasteiger partial charge in [-0.2, -0.15) is 0 Å². The fraction of sp³-hybridized carbons (Fsp3) is 0.267. The highest BCUT2D eigenvalue weighted by atomic mass is 16.4. The Balaban J connectivity index is 1.98. The second kappa shape index (κ2) is 5.05. The van der Waals surface area contributed by atoms with Crippen LogP contribution in [0.25, 0.3) is 0 Å². The van der Waals surface area contributed by atoms with Crippen LogP contribution in [0.2, 0.25) is 0 Å². The van der Waals surface area contributed by atoms with Gasteiger partial charge in [0.1, 0.15) is 11.8 Å². The fourth-order valence-corrected chi connectivity index (χ4v) is 2.60. The van der Waals surface area contributed by atoms with Crippen LogP contribution in [0.3, 0.4) is 0 Å². The summed E-state index contributed by atoms with van der Waals surface area (Å²) in [4.78, 5) is 29.3. The Morgan fingerprint density at radius 1 is 1.33 bits per heavy atom. The van der Waals surface area contributed by atoms with E-state index in [1.165, 1.54) is 11.3 Å². The van der Waals surface area contributed by atoms with Crippen LogP contribution >= 0.6 is 0 Å². The number of aliphatic carboxylic acids is 1. The molecule has 1 atom stereocenters. The lowest BCUT2D eigenvalue weighted by atomic mass is 9.93. The van der Waals surface area contributed by atoms with Gasteiger partial charge in [-0.25, -0.2) is 9.78 Å². The fourth-order valence-electron chi connectivity index (χ4n) is 2.60. The van der Waals surface area contributed by atoms with E-state index in [0.717, 1.165) is 11.1 Å². The molecule has 1 aliphatic heterocycles. The van der Waals surface area contributed by atoms with Crippen molar-refractivity contribution in [2.45, 2.75) is 25.9 Å². The number of carboxylic acids is 1. The second-order valence-corrected chi connectivity index (χ2v) is 5.02. The summed E-state index contributed by atoms with van der Waals surface area (Å²) >= 11 is 0. The summed E-state index contributed by atoms with van der Waals surface area (Å²) in [5.41, 5.74) is 2.09. The zero-order valence-electron chi connectivity index (χ0n) is 11.4. The molecule has 1 amide bonds. The molecule has 2 heterocycles. The molecule has 0 fully saturated rings. The number of carboxylic acid groups (broad SMARTS) is 1. The smallest absolute Gasteiger partial charge is 0.326 e. The van der Waals surface area contributed by atoms with Gasteiger partial charge in [-0.3, -0.25) is 4.79 Å². The van der Waals surface area contributed by atoms with Crippen LogP contribution in [0, 0.1) is 6.92 Å². The molecule has 1 unspecified atom stereocenters. The van der Waals surface area contributed by atoms with E-state index in [-0.39, 0.29) is 12.2 Å². The third-order valence-corrected chi connectivity index (χ3v) is 3.74. The summed E-state index contributed by atoms with van der Waals surface area (Å²) in [7, 11) is 0. The first-order valence-electron chi connectivity index (χ1n) is 6.58. The summed E-state index contributed by atoms with van der Waals surface area (Å²) in [5.74, 6) is -1.04. The molecule has 1 aromatic carbocycles. The van der Waals surface area contributed by atoms with Crippen molar-refractivity contribution < 1.29 is 19.1 Å². The number of rotatable bonds is 2. The lowest BCUT2D eigenvalue weighted by molar-refractivity contribution is -0.142. The quantitative estimate of drug-likeness (QED) is 0.907. The molecule has 0 spiro atoms. The lowest BCUT2D eigenvalue weighted by Crippen LogP contribution is -2.48. The SMILES string of the molecule is Cc1ocnc1C(=O)N1Cc2ccccc2CC1C(=O)O. The maximum atomic E-state index is 12.5. The van der Waals surface area contributed by atoms with Crippen LogP contribution in [0.4, 0.5) is 0 Å². The molecule has 0 radical (unpaired) electrons. The highest BCUT2D eigenvalue weighted by molar-refractivity contribution is 5.96. The predicted octanol–water partition coefficient (Wildman–Crippen LogP) is 1.63. The maximum absolute atomic E-state index is 12.5. The van der Waals surface area contributed by atoms with Gasteiger partial charge in [-0.05, 0) is 18.1 Å². The van der Waals surface area contributed by atoms with E-state index in [1.54, 1.807) is 6.92 Å². The molecule has 1 N–H and O–H groups in total. The van der Waals surface area contributed by atoms with Crippen molar-refractivity contribution in [2.75, 3.05) is 0 Å². The highest BCUT2D eigenvalue weighted by Gasteiger charge is 2.36. The number of benzene rings is 1. The van der Waals surface area contributed by atoms with E-state index in [1.807, 2.05) is 24.3 Å². The number of amides is 1. The van der Waals surface area contributed by atoms with Gasteiger partial charge in [-0.15, -0.1) is 0 Å². The number of hydrogen-bond donors (Lipinski definition) is 1. The molecule has 1 aliphatic rings. The van der Waals surface area contributed by atoms with Crippen LogP contribution in [-0.4, -0.2) is 32.9 Å². The first-order valence-corrected chi connectivity index (χ1v) is 6.58. The van der Waals surface area contributed by atoms with Gasteiger partial charge in [0.25, 0.3) is 5.91 Å². The van der Waals surface area contributed by atoms with E-state index in [0.29, 0.717) is 12.2 Å². The Bertz CT molecular complexity index is 707. The van der Waals surface area contributed by atoms with Crippen LogP contribution in [0.5, 0.6) is 0 Å². The molecule has 2 aromatic rings. The summed E-state index contributed by atoms with van der Waals surface area (Å²) < 4.78 is 5.04. The van der Waals surface area contributed by atoms with E-state index in [4.69, 9.17) is 4.42 Å². The minimum atomic E-state index is -1.01. The van der Waals surface area contributed by atoms with Gasteiger partial charge in [0.15, 0.2) is 12.1 Å². The number of carbonyl (C=O) groups excluding carboxylic acids is 1. The van der Waals surface area contributed by atoms with Crippen molar-refractivity contribution in [3.63, 3.8) is 0 Å². The van der Waals surface area contributed by atoms with Gasteiger partial charge in [-0.1, -0.05) is 24.3 Å². The van der Waals surface area contributed by atoms with Crippen molar-refractivity contribution in [1.29, 1.82) is 0 Å². The minimum Gasteiger partial charge on any atom is -0.480 e. The van der Waals surface area contributed by atoms with Crippen LogP contribution < -0.4 is 0 Å². The molecule has 108 valence electrons. The van der Waals surface area contributed by atoms with Crippen LogP contribution in [0.15, 0.2) is 35.1 Å². The third kappa shape index (κ3) is 2.29. The molecule has 0 saturated carbocycles. The van der Waals surface area contributed by atoms with Gasteiger partial charge in [0, 0.05) is 13.0 Å². The lowest BCUT2D eigenvalue weighted by Gasteiger charge is -2.34. The number of hydrogen-bond acceptors (Lipinski definition) is 4. The number of carbonyl (C=O) groups is 2. The van der Waals surface area contributed by atoms with Crippen LogP contribution in [-0.2, 0) is 17.8 Å². The molecule has 1 aromatic heterocycles. The molecule has 0 aliphatic carbocycles. The van der Waals surface area contributed by atoms with Crippen LogP contribution in [0.1, 0.15) is 27.4 Å². The monoisotopic (exact) mass is 286 g/mol. The molecular weight excluding hydrogens is 272 g/mol. The van der Waals surface area contributed by atoms with Gasteiger partial charge in [0.2, 0.25) is 0 Å². The number of aromatic nitrogens is 1. The number of nitrogens with zero attached hydrogens (tertiary/aromatic N) is 2.